The van der Waals surface area contributed by atoms with Gasteiger partial charge in [-0.1, -0.05) is 18.6 Å². The summed E-state index contributed by atoms with van der Waals surface area (Å²) in [7, 11) is 0. The molecule has 4 rings (SSSR count). The van der Waals surface area contributed by atoms with Crippen LogP contribution in [0.15, 0.2) is 23.6 Å². The Kier molecular flexibility index (Phi) is 3.78. The van der Waals surface area contributed by atoms with Crippen molar-refractivity contribution in [1.82, 2.24) is 9.88 Å². The van der Waals surface area contributed by atoms with E-state index in [9.17, 15) is 0 Å². The zero-order valence-corrected chi connectivity index (χ0v) is 13.3. The molecule has 0 saturated carbocycles. The SMILES string of the molecule is c1cc2c(cc1-c1csc(CN3CCCCC3)n1)CCC2. The summed E-state index contributed by atoms with van der Waals surface area (Å²) in [5, 5.41) is 3.50. The lowest BCUT2D eigenvalue weighted by molar-refractivity contribution is 0.220. The maximum atomic E-state index is 4.88. The van der Waals surface area contributed by atoms with Crippen molar-refractivity contribution in [3.63, 3.8) is 0 Å². The van der Waals surface area contributed by atoms with Crippen LogP contribution in [0.5, 0.6) is 0 Å². The summed E-state index contributed by atoms with van der Waals surface area (Å²) in [6.07, 6.45) is 7.91. The molecule has 2 heterocycles. The second kappa shape index (κ2) is 5.90. The van der Waals surface area contributed by atoms with E-state index in [0.717, 1.165) is 6.54 Å². The van der Waals surface area contributed by atoms with Crippen molar-refractivity contribution in [2.75, 3.05) is 13.1 Å². The van der Waals surface area contributed by atoms with Crippen molar-refractivity contribution in [1.29, 1.82) is 0 Å². The van der Waals surface area contributed by atoms with Crippen LogP contribution in [0.4, 0.5) is 0 Å². The molecule has 2 aromatic rings. The smallest absolute Gasteiger partial charge is 0.107 e. The lowest BCUT2D eigenvalue weighted by atomic mass is 10.1. The molecule has 1 aliphatic heterocycles. The maximum Gasteiger partial charge on any atom is 0.107 e. The molecule has 1 fully saturated rings. The number of fused-ring (bicyclic) bond motifs is 1. The Hall–Kier alpha value is -1.19. The van der Waals surface area contributed by atoms with E-state index in [1.54, 1.807) is 5.56 Å². The Balaban J connectivity index is 1.51. The second-order valence-corrected chi connectivity index (χ2v) is 7.24. The zero-order valence-electron chi connectivity index (χ0n) is 12.5. The van der Waals surface area contributed by atoms with E-state index in [0.29, 0.717) is 0 Å². The van der Waals surface area contributed by atoms with E-state index in [1.165, 1.54) is 73.4 Å². The van der Waals surface area contributed by atoms with Gasteiger partial charge in [-0.25, -0.2) is 4.98 Å². The first-order chi connectivity index (χ1) is 10.4. The molecule has 1 saturated heterocycles. The molecule has 0 N–H and O–H groups in total. The predicted molar refractivity (Wildman–Crippen MR) is 88.7 cm³/mol. The fraction of sp³-hybridized carbons (Fsp3) is 0.500. The molecule has 2 aliphatic rings. The van der Waals surface area contributed by atoms with Gasteiger partial charge >= 0.3 is 0 Å². The van der Waals surface area contributed by atoms with E-state index in [4.69, 9.17) is 4.98 Å². The molecule has 21 heavy (non-hydrogen) atoms. The van der Waals surface area contributed by atoms with Gasteiger partial charge in [0.25, 0.3) is 0 Å². The highest BCUT2D eigenvalue weighted by Gasteiger charge is 2.15. The minimum atomic E-state index is 1.04. The fourth-order valence-electron chi connectivity index (χ4n) is 3.56. The second-order valence-electron chi connectivity index (χ2n) is 6.30. The van der Waals surface area contributed by atoms with Crippen LogP contribution in [0.3, 0.4) is 0 Å². The van der Waals surface area contributed by atoms with Gasteiger partial charge in [-0.3, -0.25) is 4.90 Å². The van der Waals surface area contributed by atoms with Gasteiger partial charge in [0, 0.05) is 10.9 Å². The van der Waals surface area contributed by atoms with Crippen LogP contribution in [0.2, 0.25) is 0 Å². The summed E-state index contributed by atoms with van der Waals surface area (Å²) in [4.78, 5) is 7.43. The first kappa shape index (κ1) is 13.5. The van der Waals surface area contributed by atoms with Crippen molar-refractivity contribution in [2.45, 2.75) is 45.1 Å². The summed E-state index contributed by atoms with van der Waals surface area (Å²) >= 11 is 1.82. The molecule has 0 atom stereocenters. The number of aromatic nitrogens is 1. The number of nitrogens with zero attached hydrogens (tertiary/aromatic N) is 2. The Labute approximate surface area is 130 Å². The molecule has 0 unspecified atom stereocenters. The third kappa shape index (κ3) is 2.90. The Bertz CT molecular complexity index is 626. The van der Waals surface area contributed by atoms with Gasteiger partial charge in [0.1, 0.15) is 5.01 Å². The van der Waals surface area contributed by atoms with Gasteiger partial charge in [0.2, 0.25) is 0 Å². The summed E-state index contributed by atoms with van der Waals surface area (Å²) in [5.41, 5.74) is 5.55. The average Bonchev–Trinajstić information content (AvgIpc) is 3.16. The molecule has 0 bridgehead atoms. The van der Waals surface area contributed by atoms with Gasteiger partial charge in [-0.2, -0.15) is 0 Å². The molecule has 0 spiro atoms. The zero-order chi connectivity index (χ0) is 14.1. The molecule has 1 aromatic carbocycles. The van der Waals surface area contributed by atoms with Crippen molar-refractivity contribution in [2.24, 2.45) is 0 Å². The number of aryl methyl sites for hydroxylation is 2. The summed E-state index contributed by atoms with van der Waals surface area (Å²) in [6.45, 7) is 3.52. The van der Waals surface area contributed by atoms with Crippen LogP contribution in [0, 0.1) is 0 Å². The molecule has 0 radical (unpaired) electrons. The molecule has 110 valence electrons. The van der Waals surface area contributed by atoms with Crippen LogP contribution in [-0.2, 0) is 19.4 Å². The van der Waals surface area contributed by atoms with Crippen LogP contribution >= 0.6 is 11.3 Å². The summed E-state index contributed by atoms with van der Waals surface area (Å²) in [5.74, 6) is 0. The summed E-state index contributed by atoms with van der Waals surface area (Å²) in [6, 6.07) is 6.92. The number of hydrogen-bond donors (Lipinski definition) is 0. The number of benzene rings is 1. The minimum Gasteiger partial charge on any atom is -0.297 e. The number of rotatable bonds is 3. The quantitative estimate of drug-likeness (QED) is 0.840. The van der Waals surface area contributed by atoms with Crippen LogP contribution in [0.25, 0.3) is 11.3 Å². The van der Waals surface area contributed by atoms with Gasteiger partial charge < -0.3 is 0 Å². The molecule has 2 nitrogen and oxygen atoms in total. The molecular weight excluding hydrogens is 276 g/mol. The van der Waals surface area contributed by atoms with Crippen LogP contribution < -0.4 is 0 Å². The molecule has 1 aliphatic carbocycles. The standard InChI is InChI=1S/C18H22N2S/c1-2-9-20(10-3-1)12-18-19-17(13-21-18)16-8-7-14-5-4-6-15(14)11-16/h7-8,11,13H,1-6,9-10,12H2. The van der Waals surface area contributed by atoms with E-state index in [-0.39, 0.29) is 0 Å². The lowest BCUT2D eigenvalue weighted by Gasteiger charge is -2.25. The fourth-order valence-corrected chi connectivity index (χ4v) is 4.40. The minimum absolute atomic E-state index is 1.04. The van der Waals surface area contributed by atoms with E-state index in [1.807, 2.05) is 11.3 Å². The van der Waals surface area contributed by atoms with Crippen molar-refractivity contribution < 1.29 is 0 Å². The molecule has 3 heteroatoms. The topological polar surface area (TPSA) is 16.1 Å². The van der Waals surface area contributed by atoms with E-state index < -0.39 is 0 Å². The largest absolute Gasteiger partial charge is 0.297 e. The highest BCUT2D eigenvalue weighted by molar-refractivity contribution is 7.09. The van der Waals surface area contributed by atoms with Crippen molar-refractivity contribution in [3.05, 3.63) is 39.7 Å². The van der Waals surface area contributed by atoms with Crippen molar-refractivity contribution >= 4 is 11.3 Å². The van der Waals surface area contributed by atoms with Gasteiger partial charge in [-0.15, -0.1) is 11.3 Å². The van der Waals surface area contributed by atoms with Gasteiger partial charge in [-0.05, 0) is 62.4 Å². The van der Waals surface area contributed by atoms with Crippen molar-refractivity contribution in [3.8, 4) is 11.3 Å². The normalized spacial score (nSPS) is 18.9. The highest BCUT2D eigenvalue weighted by Crippen LogP contribution is 2.29. The average molecular weight is 298 g/mol. The first-order valence-corrected chi connectivity index (χ1v) is 9.05. The predicted octanol–water partition coefficient (Wildman–Crippen LogP) is 4.28. The number of piperidine rings is 1. The Morgan fingerprint density at radius 1 is 1.00 bits per heavy atom. The lowest BCUT2D eigenvalue weighted by Crippen LogP contribution is -2.28. The van der Waals surface area contributed by atoms with E-state index in [2.05, 4.69) is 28.5 Å². The van der Waals surface area contributed by atoms with Gasteiger partial charge in [0.05, 0.1) is 12.2 Å². The molecular formula is C18H22N2S. The van der Waals surface area contributed by atoms with Gasteiger partial charge in [0.15, 0.2) is 0 Å². The number of thiazole rings is 1. The maximum absolute atomic E-state index is 4.88. The third-order valence-electron chi connectivity index (χ3n) is 4.75. The Morgan fingerprint density at radius 2 is 1.86 bits per heavy atom. The van der Waals surface area contributed by atoms with Crippen LogP contribution in [0.1, 0.15) is 41.8 Å². The Morgan fingerprint density at radius 3 is 2.76 bits per heavy atom. The summed E-state index contributed by atoms with van der Waals surface area (Å²) < 4.78 is 0. The van der Waals surface area contributed by atoms with Crippen LogP contribution in [-0.4, -0.2) is 23.0 Å². The molecule has 0 amide bonds. The third-order valence-corrected chi connectivity index (χ3v) is 5.59. The monoisotopic (exact) mass is 298 g/mol. The number of hydrogen-bond acceptors (Lipinski definition) is 3. The first-order valence-electron chi connectivity index (χ1n) is 8.17. The van der Waals surface area contributed by atoms with E-state index >= 15 is 0 Å². The highest BCUT2D eigenvalue weighted by atomic mass is 32.1. The molecule has 1 aromatic heterocycles. The number of likely N-dealkylation sites (tertiary alicyclic amines) is 1.